The number of esters is 2. The molecule has 0 radical (unpaired) electrons. The van der Waals surface area contributed by atoms with Gasteiger partial charge in [-0.05, 0) is 0 Å². The minimum Gasteiger partial charge on any atom is -0.504 e. The molecule has 0 saturated carbocycles. The summed E-state index contributed by atoms with van der Waals surface area (Å²) in [6, 6.07) is 0. The van der Waals surface area contributed by atoms with Crippen molar-refractivity contribution >= 4 is 11.9 Å². The lowest BCUT2D eigenvalue weighted by Gasteiger charge is -2.01. The normalized spacial score (nSPS) is 10.3. The molecule has 6 nitrogen and oxygen atoms in total. The third-order valence-corrected chi connectivity index (χ3v) is 1.08. The quantitative estimate of drug-likeness (QED) is 0.276. The summed E-state index contributed by atoms with van der Waals surface area (Å²) in [5, 5.41) is 0. The van der Waals surface area contributed by atoms with E-state index in [0.717, 1.165) is 24.7 Å². The van der Waals surface area contributed by atoms with E-state index in [-0.39, 0.29) is 0 Å². The van der Waals surface area contributed by atoms with Crippen LogP contribution < -0.4 is 0 Å². The predicted octanol–water partition coefficient (Wildman–Crippen LogP) is 0.350. The van der Waals surface area contributed by atoms with Crippen molar-refractivity contribution in [3.63, 3.8) is 0 Å². The second-order valence-corrected chi connectivity index (χ2v) is 2.12. The molecule has 0 aromatic rings. The first-order valence-corrected chi connectivity index (χ1v) is 3.93. The second kappa shape index (κ2) is 8.61. The lowest BCUT2D eigenvalue weighted by Crippen LogP contribution is -2.09. The van der Waals surface area contributed by atoms with Crippen molar-refractivity contribution in [3.8, 4) is 0 Å². The number of hydrogen-bond acceptors (Lipinski definition) is 6. The van der Waals surface area contributed by atoms with E-state index >= 15 is 0 Å². The molecule has 0 unspecified atom stereocenters. The zero-order valence-electron chi connectivity index (χ0n) is 8.47. The molecule has 0 atom stereocenters. The Morgan fingerprint density at radius 3 is 1.67 bits per heavy atom. The van der Waals surface area contributed by atoms with E-state index in [1.165, 1.54) is 14.2 Å². The van der Waals surface area contributed by atoms with E-state index in [2.05, 4.69) is 18.9 Å². The number of hydrogen-bond donors (Lipinski definition) is 0. The number of carbonyl (C=O) groups is 2. The molecule has 6 heteroatoms. The van der Waals surface area contributed by atoms with Crippen molar-refractivity contribution in [2.75, 3.05) is 21.0 Å². The monoisotopic (exact) mass is 216 g/mol. The van der Waals surface area contributed by atoms with Crippen molar-refractivity contribution in [1.29, 1.82) is 0 Å². The average Bonchev–Trinajstić information content (AvgIpc) is 2.23. The highest BCUT2D eigenvalue weighted by Gasteiger charge is 1.99. The lowest BCUT2D eigenvalue weighted by molar-refractivity contribution is -0.160. The predicted molar refractivity (Wildman–Crippen MR) is 49.3 cm³/mol. The molecule has 0 heterocycles. The van der Waals surface area contributed by atoms with Crippen LogP contribution in [0.1, 0.15) is 0 Å². The van der Waals surface area contributed by atoms with Crippen LogP contribution in [0.3, 0.4) is 0 Å². The SMILES string of the molecule is CO/C=C/C(=O)OCOC(=O)/C=C/OC. The van der Waals surface area contributed by atoms with Crippen molar-refractivity contribution < 1.29 is 28.5 Å². The number of carbonyl (C=O) groups excluding carboxylic acids is 2. The second-order valence-electron chi connectivity index (χ2n) is 2.12. The highest BCUT2D eigenvalue weighted by molar-refractivity contribution is 5.83. The molecular weight excluding hydrogens is 204 g/mol. The van der Waals surface area contributed by atoms with Gasteiger partial charge in [-0.2, -0.15) is 0 Å². The van der Waals surface area contributed by atoms with E-state index in [4.69, 9.17) is 0 Å². The van der Waals surface area contributed by atoms with Crippen LogP contribution in [0.2, 0.25) is 0 Å². The highest BCUT2D eigenvalue weighted by atomic mass is 16.7. The average molecular weight is 216 g/mol. The fraction of sp³-hybridized carbons (Fsp3) is 0.333. The molecule has 0 aliphatic rings. The van der Waals surface area contributed by atoms with Crippen LogP contribution in [0.5, 0.6) is 0 Å². The molecule has 0 rings (SSSR count). The Morgan fingerprint density at radius 2 is 1.33 bits per heavy atom. The fourth-order valence-corrected chi connectivity index (χ4v) is 0.489. The van der Waals surface area contributed by atoms with Gasteiger partial charge in [0, 0.05) is 0 Å². The van der Waals surface area contributed by atoms with Gasteiger partial charge in [-0.15, -0.1) is 0 Å². The van der Waals surface area contributed by atoms with Crippen molar-refractivity contribution in [2.24, 2.45) is 0 Å². The largest absolute Gasteiger partial charge is 0.504 e. The van der Waals surface area contributed by atoms with E-state index < -0.39 is 18.7 Å². The number of ether oxygens (including phenoxy) is 4. The molecule has 84 valence electrons. The summed E-state index contributed by atoms with van der Waals surface area (Å²) in [6.45, 7) is -0.459. The minimum absolute atomic E-state index is 0.459. The molecule has 0 aliphatic carbocycles. The number of methoxy groups -OCH3 is 2. The van der Waals surface area contributed by atoms with Gasteiger partial charge in [0.1, 0.15) is 0 Å². The molecule has 0 aromatic heterocycles. The summed E-state index contributed by atoms with van der Waals surface area (Å²) in [5.74, 6) is -1.33. The first kappa shape index (κ1) is 13.0. The Balaban J connectivity index is 3.61. The Morgan fingerprint density at radius 1 is 0.933 bits per heavy atom. The molecule has 0 aliphatic heterocycles. The van der Waals surface area contributed by atoms with Crippen LogP contribution in [0.25, 0.3) is 0 Å². The molecule has 0 aromatic carbocycles. The van der Waals surface area contributed by atoms with E-state index in [9.17, 15) is 9.59 Å². The maximum absolute atomic E-state index is 10.8. The van der Waals surface area contributed by atoms with Crippen LogP contribution in [-0.2, 0) is 28.5 Å². The highest BCUT2D eigenvalue weighted by Crippen LogP contribution is 1.86. The van der Waals surface area contributed by atoms with Gasteiger partial charge in [-0.1, -0.05) is 0 Å². The molecule has 0 saturated heterocycles. The van der Waals surface area contributed by atoms with E-state index in [0.29, 0.717) is 0 Å². The van der Waals surface area contributed by atoms with Gasteiger partial charge in [-0.3, -0.25) is 0 Å². The van der Waals surface area contributed by atoms with Gasteiger partial charge < -0.3 is 18.9 Å². The maximum Gasteiger partial charge on any atom is 0.336 e. The summed E-state index contributed by atoms with van der Waals surface area (Å²) in [4.78, 5) is 21.5. The first-order chi connectivity index (χ1) is 7.20. The van der Waals surface area contributed by atoms with Gasteiger partial charge in [0.2, 0.25) is 6.79 Å². The van der Waals surface area contributed by atoms with Crippen LogP contribution >= 0.6 is 0 Å². The van der Waals surface area contributed by atoms with Gasteiger partial charge in [0.05, 0.1) is 38.9 Å². The molecule has 0 amide bonds. The molecule has 0 spiro atoms. The molecule has 0 N–H and O–H groups in total. The van der Waals surface area contributed by atoms with Crippen LogP contribution in [0.15, 0.2) is 24.7 Å². The summed E-state index contributed by atoms with van der Waals surface area (Å²) in [6.07, 6.45) is 4.40. The third kappa shape index (κ3) is 8.35. The Hall–Kier alpha value is -1.98. The summed E-state index contributed by atoms with van der Waals surface area (Å²) in [5.41, 5.74) is 0. The zero-order chi connectivity index (χ0) is 11.5. The van der Waals surface area contributed by atoms with Crippen molar-refractivity contribution in [1.82, 2.24) is 0 Å². The van der Waals surface area contributed by atoms with Gasteiger partial charge in [-0.25, -0.2) is 9.59 Å². The van der Waals surface area contributed by atoms with E-state index in [1.54, 1.807) is 0 Å². The van der Waals surface area contributed by atoms with E-state index in [1.807, 2.05) is 0 Å². The van der Waals surface area contributed by atoms with Crippen LogP contribution in [0, 0.1) is 0 Å². The molecule has 0 fully saturated rings. The Labute approximate surface area is 87.1 Å². The minimum atomic E-state index is -0.666. The Bertz CT molecular complexity index is 229. The topological polar surface area (TPSA) is 71.1 Å². The first-order valence-electron chi connectivity index (χ1n) is 3.93. The van der Waals surface area contributed by atoms with Crippen molar-refractivity contribution in [3.05, 3.63) is 24.7 Å². The Kier molecular flexibility index (Phi) is 7.47. The molecular formula is C9H12O6. The van der Waals surface area contributed by atoms with Crippen LogP contribution in [-0.4, -0.2) is 33.0 Å². The van der Waals surface area contributed by atoms with Crippen LogP contribution in [0.4, 0.5) is 0 Å². The van der Waals surface area contributed by atoms with Crippen molar-refractivity contribution in [2.45, 2.75) is 0 Å². The van der Waals surface area contributed by atoms with Gasteiger partial charge in [0.15, 0.2) is 0 Å². The number of rotatable bonds is 6. The summed E-state index contributed by atoms with van der Waals surface area (Å²) in [7, 11) is 2.78. The maximum atomic E-state index is 10.8. The zero-order valence-corrected chi connectivity index (χ0v) is 8.47. The standard InChI is InChI=1S/C9H12O6/c1-12-5-3-8(10)14-7-15-9(11)4-6-13-2/h3-6H,7H2,1-2H3/b5-3+,6-4+. The fourth-order valence-electron chi connectivity index (χ4n) is 0.489. The summed E-state index contributed by atoms with van der Waals surface area (Å²) >= 11 is 0. The van der Waals surface area contributed by atoms with Gasteiger partial charge >= 0.3 is 11.9 Å². The lowest BCUT2D eigenvalue weighted by atomic mass is 10.6. The molecule has 15 heavy (non-hydrogen) atoms. The van der Waals surface area contributed by atoms with Gasteiger partial charge in [0.25, 0.3) is 0 Å². The smallest absolute Gasteiger partial charge is 0.336 e. The molecule has 0 bridgehead atoms. The summed E-state index contributed by atoms with van der Waals surface area (Å²) < 4.78 is 17.9. The third-order valence-electron chi connectivity index (χ3n) is 1.08.